The molecule has 0 atom stereocenters. The highest BCUT2D eigenvalue weighted by Crippen LogP contribution is 2.57. The van der Waals surface area contributed by atoms with Gasteiger partial charge in [-0.05, 0) is 106 Å². The highest BCUT2D eigenvalue weighted by Gasteiger charge is 2.40. The largest absolute Gasteiger partial charge is 0.289 e. The van der Waals surface area contributed by atoms with Crippen LogP contribution < -0.4 is 10.9 Å². The number of hydrogen-bond acceptors (Lipinski definition) is 2. The summed E-state index contributed by atoms with van der Waals surface area (Å²) in [4.78, 5) is 27.1. The third-order valence-electron chi connectivity index (χ3n) is 8.74. The van der Waals surface area contributed by atoms with Crippen LogP contribution >= 0.6 is 0 Å². The predicted molar refractivity (Wildman–Crippen MR) is 129 cm³/mol. The topological polar surface area (TPSA) is 34.1 Å². The lowest BCUT2D eigenvalue weighted by molar-refractivity contribution is 1.04. The molecule has 8 rings (SSSR count). The number of benzene rings is 5. The number of rotatable bonds is 0. The van der Waals surface area contributed by atoms with E-state index in [9.17, 15) is 9.59 Å². The van der Waals surface area contributed by atoms with Crippen molar-refractivity contribution >= 4 is 32.3 Å². The van der Waals surface area contributed by atoms with Crippen LogP contribution in [0.15, 0.2) is 9.59 Å². The first kappa shape index (κ1) is 17.7. The second-order valence-electron chi connectivity index (χ2n) is 9.56. The van der Waals surface area contributed by atoms with Crippen molar-refractivity contribution in [2.24, 2.45) is 0 Å². The SMILES string of the molecule is CC.Cc1c2c3c(c(C)c(C)c4c5c6c7c(c(=O)c8c-6c(c(C)c5=O)C8)Cc1c7c34)C2. The van der Waals surface area contributed by atoms with Crippen molar-refractivity contribution in [3.8, 4) is 11.1 Å². The molecule has 5 aliphatic rings. The van der Waals surface area contributed by atoms with Gasteiger partial charge in [-0.25, -0.2) is 0 Å². The molecule has 2 nitrogen and oxygen atoms in total. The van der Waals surface area contributed by atoms with Gasteiger partial charge < -0.3 is 0 Å². The lowest BCUT2D eigenvalue weighted by Gasteiger charge is -2.33. The second-order valence-corrected chi connectivity index (χ2v) is 9.56. The summed E-state index contributed by atoms with van der Waals surface area (Å²) in [5, 5.41) is 7.09. The third kappa shape index (κ3) is 1.53. The average Bonchev–Trinajstić information content (AvgIpc) is 3.12. The lowest BCUT2D eigenvalue weighted by atomic mass is 9.69. The third-order valence-corrected chi connectivity index (χ3v) is 8.74. The summed E-state index contributed by atoms with van der Waals surface area (Å²) in [7, 11) is 0. The van der Waals surface area contributed by atoms with Crippen LogP contribution in [0.2, 0.25) is 0 Å². The van der Waals surface area contributed by atoms with Gasteiger partial charge in [0.25, 0.3) is 0 Å². The second kappa shape index (κ2) is 5.07. The van der Waals surface area contributed by atoms with Crippen molar-refractivity contribution in [3.63, 3.8) is 0 Å². The molecule has 0 unspecified atom stereocenters. The van der Waals surface area contributed by atoms with E-state index in [1.165, 1.54) is 49.5 Å². The summed E-state index contributed by atoms with van der Waals surface area (Å²) in [6.07, 6.45) is 2.42. The molecule has 0 aliphatic heterocycles. The van der Waals surface area contributed by atoms with E-state index in [0.29, 0.717) is 6.42 Å². The van der Waals surface area contributed by atoms with Crippen molar-refractivity contribution < 1.29 is 0 Å². The minimum Gasteiger partial charge on any atom is -0.289 e. The molecule has 0 fully saturated rings. The first-order chi connectivity index (χ1) is 14.9. The standard InChI is InChI=1S/C27H18O2.C2H6/c1-8-9(2)18-23-19-12(8)5-13(19)10(3)14-6-17-22(21(14)23)24-20-15(7-16(20)27(17)29)11(4)26(28)25(18)24;1-2/h5-7H2,1-4H3;1-2H3. The molecule has 3 aromatic carbocycles. The zero-order valence-corrected chi connectivity index (χ0v) is 18.9. The van der Waals surface area contributed by atoms with Crippen molar-refractivity contribution in [2.45, 2.75) is 60.8 Å². The monoisotopic (exact) mass is 404 g/mol. The lowest BCUT2D eigenvalue weighted by Crippen LogP contribution is -2.28. The zero-order chi connectivity index (χ0) is 21.7. The first-order valence-corrected chi connectivity index (χ1v) is 11.5. The van der Waals surface area contributed by atoms with Gasteiger partial charge in [-0.2, -0.15) is 0 Å². The smallest absolute Gasteiger partial charge is 0.190 e. The van der Waals surface area contributed by atoms with Gasteiger partial charge in [0.1, 0.15) is 0 Å². The van der Waals surface area contributed by atoms with Crippen molar-refractivity contribution in [1.82, 2.24) is 0 Å². The van der Waals surface area contributed by atoms with E-state index >= 15 is 0 Å². The van der Waals surface area contributed by atoms with Crippen molar-refractivity contribution in [1.29, 1.82) is 0 Å². The Kier molecular flexibility index (Phi) is 2.89. The van der Waals surface area contributed by atoms with Gasteiger partial charge in [0, 0.05) is 40.5 Å². The van der Waals surface area contributed by atoms with E-state index in [0.717, 1.165) is 62.4 Å². The molecular formula is C29H24O2. The molecule has 0 saturated heterocycles. The summed E-state index contributed by atoms with van der Waals surface area (Å²) in [5.41, 5.74) is 14.7. The number of hydrogen-bond donors (Lipinski definition) is 0. The summed E-state index contributed by atoms with van der Waals surface area (Å²) in [6.45, 7) is 12.6. The van der Waals surface area contributed by atoms with E-state index in [2.05, 4.69) is 20.8 Å². The maximum absolute atomic E-state index is 13.7. The highest BCUT2D eigenvalue weighted by molar-refractivity contribution is 6.34. The molecule has 0 heterocycles. The molecule has 3 aromatic rings. The number of aryl methyl sites for hydroxylation is 1. The summed E-state index contributed by atoms with van der Waals surface area (Å²) in [5.74, 6) is 0. The molecule has 0 bridgehead atoms. The Morgan fingerprint density at radius 2 is 1.03 bits per heavy atom. The summed E-state index contributed by atoms with van der Waals surface area (Å²) in [6, 6.07) is 0. The van der Waals surface area contributed by atoms with Gasteiger partial charge in [0.2, 0.25) is 0 Å². The normalized spacial score (nSPS) is 14.6. The Morgan fingerprint density at radius 3 is 1.77 bits per heavy atom. The van der Waals surface area contributed by atoms with Gasteiger partial charge >= 0.3 is 0 Å². The molecule has 2 heteroatoms. The fourth-order valence-electron chi connectivity index (χ4n) is 7.04. The van der Waals surface area contributed by atoms with E-state index in [1.54, 1.807) is 0 Å². The van der Waals surface area contributed by atoms with E-state index in [4.69, 9.17) is 0 Å². The van der Waals surface area contributed by atoms with Crippen LogP contribution in [0.1, 0.15) is 69.5 Å². The van der Waals surface area contributed by atoms with E-state index in [-0.39, 0.29) is 10.9 Å². The molecule has 5 aliphatic carbocycles. The summed E-state index contributed by atoms with van der Waals surface area (Å²) >= 11 is 0. The molecule has 31 heavy (non-hydrogen) atoms. The molecule has 0 N–H and O–H groups in total. The molecule has 0 radical (unpaired) electrons. The number of fused-ring (bicyclic) bond motifs is 1. The summed E-state index contributed by atoms with van der Waals surface area (Å²) < 4.78 is 0. The maximum Gasteiger partial charge on any atom is 0.190 e. The molecule has 152 valence electrons. The predicted octanol–water partition coefficient (Wildman–Crippen LogP) is 5.82. The van der Waals surface area contributed by atoms with Gasteiger partial charge in [0.15, 0.2) is 10.9 Å². The van der Waals surface area contributed by atoms with Gasteiger partial charge in [-0.15, -0.1) is 0 Å². The molecule has 0 aromatic heterocycles. The maximum atomic E-state index is 13.7. The molecule has 0 spiro atoms. The Hall–Kier alpha value is -3.00. The van der Waals surface area contributed by atoms with Crippen molar-refractivity contribution in [3.05, 3.63) is 76.1 Å². The Morgan fingerprint density at radius 1 is 0.419 bits per heavy atom. The van der Waals surface area contributed by atoms with Crippen molar-refractivity contribution in [2.75, 3.05) is 0 Å². The minimum atomic E-state index is 0.178. The Labute approximate surface area is 180 Å². The van der Waals surface area contributed by atoms with Crippen LogP contribution in [0.25, 0.3) is 43.4 Å². The van der Waals surface area contributed by atoms with Gasteiger partial charge in [-0.1, -0.05) is 13.8 Å². The highest BCUT2D eigenvalue weighted by atomic mass is 16.1. The van der Waals surface area contributed by atoms with Crippen LogP contribution in [-0.4, -0.2) is 0 Å². The Balaban J connectivity index is 0.000000834. The quantitative estimate of drug-likeness (QED) is 0.236. The van der Waals surface area contributed by atoms with Crippen LogP contribution in [0.3, 0.4) is 0 Å². The molecule has 0 saturated carbocycles. The van der Waals surface area contributed by atoms with Crippen LogP contribution in [0.5, 0.6) is 0 Å². The van der Waals surface area contributed by atoms with Gasteiger partial charge in [-0.3, -0.25) is 9.59 Å². The fourth-order valence-corrected chi connectivity index (χ4v) is 7.04. The van der Waals surface area contributed by atoms with Crippen LogP contribution in [0.4, 0.5) is 0 Å². The van der Waals surface area contributed by atoms with Crippen LogP contribution in [0, 0.1) is 27.7 Å². The zero-order valence-electron chi connectivity index (χ0n) is 18.9. The van der Waals surface area contributed by atoms with E-state index in [1.807, 2.05) is 20.8 Å². The molecule has 0 amide bonds. The minimum absolute atomic E-state index is 0.178. The van der Waals surface area contributed by atoms with Gasteiger partial charge in [0.05, 0.1) is 0 Å². The first-order valence-electron chi connectivity index (χ1n) is 11.5. The average molecular weight is 405 g/mol. The van der Waals surface area contributed by atoms with E-state index < -0.39 is 0 Å². The fraction of sp³-hybridized carbons (Fsp3) is 0.310. The van der Waals surface area contributed by atoms with Crippen LogP contribution in [-0.2, 0) is 19.3 Å². The Bertz CT molecular complexity index is 1780. The molecular weight excluding hydrogens is 380 g/mol.